The van der Waals surface area contributed by atoms with Crippen molar-refractivity contribution in [2.45, 2.75) is 63.6 Å². The van der Waals surface area contributed by atoms with Crippen LogP contribution in [0.2, 0.25) is 0 Å². The summed E-state index contributed by atoms with van der Waals surface area (Å²) >= 11 is 0. The van der Waals surface area contributed by atoms with Crippen LogP contribution in [0.4, 0.5) is 0 Å². The number of aromatic nitrogens is 3. The van der Waals surface area contributed by atoms with E-state index < -0.39 is 12.1 Å². The highest BCUT2D eigenvalue weighted by Gasteiger charge is 2.37. The monoisotopic (exact) mass is 599 g/mol. The Kier molecular flexibility index (Phi) is 9.99. The highest BCUT2D eigenvalue weighted by atomic mass is 16.5. The van der Waals surface area contributed by atoms with Gasteiger partial charge in [-0.25, -0.2) is 4.68 Å². The average molecular weight is 600 g/mol. The van der Waals surface area contributed by atoms with Gasteiger partial charge in [0, 0.05) is 12.6 Å². The number of carbonyl (C=O) groups excluding carboxylic acids is 2. The van der Waals surface area contributed by atoms with Gasteiger partial charge in [-0.05, 0) is 61.6 Å². The van der Waals surface area contributed by atoms with Crippen molar-refractivity contribution in [1.29, 1.82) is 0 Å². The van der Waals surface area contributed by atoms with E-state index in [2.05, 4.69) is 15.6 Å². The molecule has 0 spiro atoms. The summed E-state index contributed by atoms with van der Waals surface area (Å²) in [6.45, 7) is 2.09. The summed E-state index contributed by atoms with van der Waals surface area (Å²) in [5.41, 5.74) is 3.05. The van der Waals surface area contributed by atoms with Gasteiger partial charge in [-0.1, -0.05) is 66.9 Å². The molecule has 0 radical (unpaired) electrons. The van der Waals surface area contributed by atoms with E-state index in [9.17, 15) is 9.59 Å². The zero-order valence-electron chi connectivity index (χ0n) is 25.9. The van der Waals surface area contributed by atoms with Crippen molar-refractivity contribution in [2.75, 3.05) is 27.9 Å². The van der Waals surface area contributed by atoms with E-state index >= 15 is 0 Å². The van der Waals surface area contributed by atoms with Crippen molar-refractivity contribution in [1.82, 2.24) is 25.2 Å². The van der Waals surface area contributed by atoms with Gasteiger partial charge in [-0.2, -0.15) is 0 Å². The standard InChI is InChI=1S/C34H41N5O5/c1-23(39-28-18-12-11-17-27(28)36-37-39)34(41)38(20-19-24-13-7-5-8-14-24)31(33(40)35-26-15-9-6-10-16-26)25-21-29(42-2)32(44-4)30(22-25)43-3/h5,7-8,11-14,17-18,21-23,26,31H,6,9-10,15-16,19-20H2,1-4H3,(H,35,40). The van der Waals surface area contributed by atoms with Gasteiger partial charge in [0.1, 0.15) is 17.6 Å². The van der Waals surface area contributed by atoms with Gasteiger partial charge >= 0.3 is 0 Å². The number of carbonyl (C=O) groups is 2. The summed E-state index contributed by atoms with van der Waals surface area (Å²) in [4.78, 5) is 30.7. The number of hydrogen-bond donors (Lipinski definition) is 1. The highest BCUT2D eigenvalue weighted by Crippen LogP contribution is 2.41. The molecule has 1 heterocycles. The first-order chi connectivity index (χ1) is 21.4. The number of fused-ring (bicyclic) bond motifs is 1. The molecule has 44 heavy (non-hydrogen) atoms. The van der Waals surface area contributed by atoms with E-state index in [0.29, 0.717) is 41.3 Å². The maximum absolute atomic E-state index is 14.6. The number of nitrogens with one attached hydrogen (secondary N) is 1. The molecule has 0 aliphatic heterocycles. The minimum atomic E-state index is -0.973. The molecule has 1 fully saturated rings. The summed E-state index contributed by atoms with van der Waals surface area (Å²) in [6.07, 6.45) is 5.66. The third-order valence-corrected chi connectivity index (χ3v) is 8.38. The topological polar surface area (TPSA) is 108 Å². The third kappa shape index (κ3) is 6.64. The number of methoxy groups -OCH3 is 3. The van der Waals surface area contributed by atoms with Gasteiger partial charge in [0.15, 0.2) is 11.5 Å². The van der Waals surface area contributed by atoms with Crippen LogP contribution in [0.3, 0.4) is 0 Å². The van der Waals surface area contributed by atoms with Crippen molar-refractivity contribution in [3.8, 4) is 17.2 Å². The van der Waals surface area contributed by atoms with Crippen LogP contribution in [0.15, 0.2) is 66.7 Å². The van der Waals surface area contributed by atoms with E-state index in [1.165, 1.54) is 21.3 Å². The molecule has 4 aromatic rings. The Labute approximate surface area is 258 Å². The van der Waals surface area contributed by atoms with E-state index in [0.717, 1.165) is 43.2 Å². The number of amides is 2. The molecule has 0 bridgehead atoms. The average Bonchev–Trinajstić information content (AvgIpc) is 3.50. The molecule has 10 heteroatoms. The lowest BCUT2D eigenvalue weighted by Crippen LogP contribution is -2.49. The van der Waals surface area contributed by atoms with Crippen molar-refractivity contribution in [2.24, 2.45) is 0 Å². The molecular formula is C34H41N5O5. The van der Waals surface area contributed by atoms with Gasteiger partial charge in [-0.3, -0.25) is 9.59 Å². The Bertz CT molecular complexity index is 1540. The van der Waals surface area contributed by atoms with E-state index in [-0.39, 0.29) is 17.9 Å². The molecule has 1 aliphatic carbocycles. The Morgan fingerprint density at radius 1 is 0.932 bits per heavy atom. The fourth-order valence-electron chi connectivity index (χ4n) is 6.04. The number of nitrogens with zero attached hydrogens (tertiary/aromatic N) is 4. The molecule has 1 aliphatic rings. The van der Waals surface area contributed by atoms with Crippen LogP contribution in [0.1, 0.15) is 62.2 Å². The molecule has 1 N–H and O–H groups in total. The van der Waals surface area contributed by atoms with Crippen LogP contribution in [0, 0.1) is 0 Å². The van der Waals surface area contributed by atoms with Crippen molar-refractivity contribution in [3.63, 3.8) is 0 Å². The summed E-state index contributed by atoms with van der Waals surface area (Å²) in [5, 5.41) is 11.9. The molecular weight excluding hydrogens is 558 g/mol. The Balaban J connectivity index is 1.60. The third-order valence-electron chi connectivity index (χ3n) is 8.38. The predicted octanol–water partition coefficient (Wildman–Crippen LogP) is 5.28. The molecule has 1 saturated carbocycles. The first-order valence-corrected chi connectivity index (χ1v) is 15.2. The van der Waals surface area contributed by atoms with Gasteiger partial charge < -0.3 is 24.4 Å². The maximum Gasteiger partial charge on any atom is 0.248 e. The van der Waals surface area contributed by atoms with Crippen molar-refractivity contribution >= 4 is 22.8 Å². The lowest BCUT2D eigenvalue weighted by Gasteiger charge is -2.35. The van der Waals surface area contributed by atoms with E-state index in [4.69, 9.17) is 14.2 Å². The second-order valence-corrected chi connectivity index (χ2v) is 11.2. The van der Waals surface area contributed by atoms with E-state index in [1.807, 2.05) is 54.6 Å². The van der Waals surface area contributed by atoms with Crippen LogP contribution < -0.4 is 19.5 Å². The maximum atomic E-state index is 14.6. The van der Waals surface area contributed by atoms with Crippen LogP contribution in [0.25, 0.3) is 11.0 Å². The minimum Gasteiger partial charge on any atom is -0.493 e. The molecule has 3 aromatic carbocycles. The summed E-state index contributed by atoms with van der Waals surface area (Å²) < 4.78 is 18.5. The minimum absolute atomic E-state index is 0.0450. The highest BCUT2D eigenvalue weighted by molar-refractivity contribution is 5.91. The Morgan fingerprint density at radius 2 is 1.59 bits per heavy atom. The smallest absolute Gasteiger partial charge is 0.248 e. The molecule has 5 rings (SSSR count). The van der Waals surface area contributed by atoms with E-state index in [1.54, 1.807) is 28.6 Å². The number of hydrogen-bond acceptors (Lipinski definition) is 7. The molecule has 10 nitrogen and oxygen atoms in total. The lowest BCUT2D eigenvalue weighted by atomic mass is 9.94. The zero-order chi connectivity index (χ0) is 31.1. The molecule has 0 saturated heterocycles. The van der Waals surface area contributed by atoms with Gasteiger partial charge in [0.25, 0.3) is 0 Å². The number of rotatable bonds is 12. The van der Waals surface area contributed by atoms with Gasteiger partial charge in [-0.15, -0.1) is 5.10 Å². The second kappa shape index (κ2) is 14.2. The summed E-state index contributed by atoms with van der Waals surface area (Å²) in [6, 6.07) is 19.3. The number of ether oxygens (including phenoxy) is 3. The quantitative estimate of drug-likeness (QED) is 0.236. The van der Waals surface area contributed by atoms with Crippen LogP contribution in [-0.2, 0) is 16.0 Å². The van der Waals surface area contributed by atoms with Gasteiger partial charge in [0.05, 0.1) is 26.8 Å². The van der Waals surface area contributed by atoms with Crippen molar-refractivity contribution in [3.05, 3.63) is 77.9 Å². The SMILES string of the molecule is COc1cc(C(C(=O)NC2CCCCC2)N(CCc2ccccc2)C(=O)C(C)n2nnc3ccccc32)cc(OC)c1OC. The van der Waals surface area contributed by atoms with Crippen LogP contribution >= 0.6 is 0 Å². The van der Waals surface area contributed by atoms with Crippen LogP contribution in [-0.4, -0.2) is 65.6 Å². The second-order valence-electron chi connectivity index (χ2n) is 11.2. The molecule has 2 unspecified atom stereocenters. The number of benzene rings is 3. The normalized spacial score (nSPS) is 14.9. The first kappa shape index (κ1) is 30.8. The fourth-order valence-corrected chi connectivity index (χ4v) is 6.04. The largest absolute Gasteiger partial charge is 0.493 e. The Morgan fingerprint density at radius 3 is 2.25 bits per heavy atom. The molecule has 232 valence electrons. The number of para-hydroxylation sites is 1. The zero-order valence-corrected chi connectivity index (χ0v) is 25.9. The lowest BCUT2D eigenvalue weighted by molar-refractivity contribution is -0.143. The molecule has 1 aromatic heterocycles. The fraction of sp³-hybridized carbons (Fsp3) is 0.412. The first-order valence-electron chi connectivity index (χ1n) is 15.2. The molecule has 2 atom stereocenters. The molecule has 2 amide bonds. The summed E-state index contributed by atoms with van der Waals surface area (Å²) in [5.74, 6) is 0.721. The predicted molar refractivity (Wildman–Crippen MR) is 168 cm³/mol. The van der Waals surface area contributed by atoms with Crippen LogP contribution in [0.5, 0.6) is 17.2 Å². The Hall–Kier alpha value is -4.60. The summed E-state index contributed by atoms with van der Waals surface area (Å²) in [7, 11) is 4.61. The van der Waals surface area contributed by atoms with Crippen molar-refractivity contribution < 1.29 is 23.8 Å². The van der Waals surface area contributed by atoms with Gasteiger partial charge in [0.2, 0.25) is 17.6 Å².